The molecular weight excluding hydrogens is 200 g/mol. The fourth-order valence-electron chi connectivity index (χ4n) is 1.86. The van der Waals surface area contributed by atoms with Crippen LogP contribution in [0.3, 0.4) is 0 Å². The maximum absolute atomic E-state index is 9.14. The number of fused-ring (bicyclic) bond motifs is 1. The summed E-state index contributed by atoms with van der Waals surface area (Å²) in [6.07, 6.45) is 3.77. The summed E-state index contributed by atoms with van der Waals surface area (Å²) in [6, 6.07) is 8.07. The number of hydrogen-bond donors (Lipinski definition) is 2. The van der Waals surface area contributed by atoms with Gasteiger partial charge in [0.2, 0.25) is 0 Å². The fraction of sp³-hybridized carbons (Fsp3) is 0.462. The topological polar surface area (TPSA) is 48.9 Å². The van der Waals surface area contributed by atoms with Gasteiger partial charge in [0, 0.05) is 6.42 Å². The van der Waals surface area contributed by atoms with Crippen LogP contribution in [0.5, 0.6) is 0 Å². The molecule has 0 aliphatic heterocycles. The zero-order valence-electron chi connectivity index (χ0n) is 9.61. The number of benzene rings is 1. The number of imidazole rings is 1. The number of unbranched alkanes of at least 4 members (excludes halogenated alkanes) is 1. The molecule has 16 heavy (non-hydrogen) atoms. The van der Waals surface area contributed by atoms with Crippen LogP contribution in [0.25, 0.3) is 11.0 Å². The van der Waals surface area contributed by atoms with Gasteiger partial charge in [-0.15, -0.1) is 0 Å². The third-order valence-electron chi connectivity index (χ3n) is 2.72. The molecule has 0 unspecified atom stereocenters. The summed E-state index contributed by atoms with van der Waals surface area (Å²) < 4.78 is 0. The van der Waals surface area contributed by atoms with Gasteiger partial charge in [0.1, 0.15) is 5.82 Å². The monoisotopic (exact) mass is 218 g/mol. The molecule has 1 atom stereocenters. The van der Waals surface area contributed by atoms with Crippen LogP contribution >= 0.6 is 0 Å². The number of para-hydroxylation sites is 2. The van der Waals surface area contributed by atoms with Crippen molar-refractivity contribution in [1.82, 2.24) is 9.97 Å². The van der Waals surface area contributed by atoms with E-state index in [0.717, 1.165) is 42.5 Å². The predicted molar refractivity (Wildman–Crippen MR) is 65.3 cm³/mol. The first-order chi connectivity index (χ1) is 7.75. The summed E-state index contributed by atoms with van der Waals surface area (Å²) >= 11 is 0. The lowest BCUT2D eigenvalue weighted by Gasteiger charge is -2.01. The Bertz CT molecular complexity index is 415. The number of aryl methyl sites for hydroxylation is 1. The molecule has 0 aliphatic carbocycles. The van der Waals surface area contributed by atoms with E-state index in [1.807, 2.05) is 31.2 Å². The first kappa shape index (κ1) is 11.1. The van der Waals surface area contributed by atoms with Crippen molar-refractivity contribution in [3.8, 4) is 0 Å². The Morgan fingerprint density at radius 1 is 1.31 bits per heavy atom. The number of hydrogen-bond acceptors (Lipinski definition) is 2. The van der Waals surface area contributed by atoms with Crippen molar-refractivity contribution >= 4 is 11.0 Å². The van der Waals surface area contributed by atoms with Gasteiger partial charge in [0.15, 0.2) is 0 Å². The Morgan fingerprint density at radius 3 is 2.88 bits per heavy atom. The first-order valence-corrected chi connectivity index (χ1v) is 5.87. The second-order valence-corrected chi connectivity index (χ2v) is 4.30. The summed E-state index contributed by atoms with van der Waals surface area (Å²) in [6.45, 7) is 1.83. The number of aliphatic hydroxyl groups excluding tert-OH is 1. The van der Waals surface area contributed by atoms with Crippen molar-refractivity contribution in [3.63, 3.8) is 0 Å². The molecule has 3 nitrogen and oxygen atoms in total. The van der Waals surface area contributed by atoms with Crippen molar-refractivity contribution in [2.24, 2.45) is 0 Å². The van der Waals surface area contributed by atoms with E-state index in [1.165, 1.54) is 0 Å². The van der Waals surface area contributed by atoms with Crippen molar-refractivity contribution in [2.45, 2.75) is 38.7 Å². The lowest BCUT2D eigenvalue weighted by Crippen LogP contribution is -1.99. The van der Waals surface area contributed by atoms with Crippen LogP contribution in [0.1, 0.15) is 32.0 Å². The SMILES string of the molecule is C[C@H](O)CCCCc1nc2ccccc2[nH]1. The van der Waals surface area contributed by atoms with Crippen LogP contribution in [0.4, 0.5) is 0 Å². The fourth-order valence-corrected chi connectivity index (χ4v) is 1.86. The van der Waals surface area contributed by atoms with Gasteiger partial charge in [-0.05, 0) is 31.9 Å². The van der Waals surface area contributed by atoms with Gasteiger partial charge in [0.25, 0.3) is 0 Å². The van der Waals surface area contributed by atoms with Crippen LogP contribution in [0.2, 0.25) is 0 Å². The number of aromatic nitrogens is 2. The van der Waals surface area contributed by atoms with Crippen LogP contribution in [0.15, 0.2) is 24.3 Å². The highest BCUT2D eigenvalue weighted by Crippen LogP contribution is 2.12. The predicted octanol–water partition coefficient (Wildman–Crippen LogP) is 2.66. The van der Waals surface area contributed by atoms with Crippen molar-refractivity contribution in [3.05, 3.63) is 30.1 Å². The van der Waals surface area contributed by atoms with Gasteiger partial charge < -0.3 is 10.1 Å². The zero-order valence-corrected chi connectivity index (χ0v) is 9.61. The molecule has 2 aromatic rings. The van der Waals surface area contributed by atoms with E-state index < -0.39 is 0 Å². The highest BCUT2D eigenvalue weighted by atomic mass is 16.3. The Hall–Kier alpha value is -1.35. The highest BCUT2D eigenvalue weighted by Gasteiger charge is 2.02. The van der Waals surface area contributed by atoms with Gasteiger partial charge in [-0.25, -0.2) is 4.98 Å². The van der Waals surface area contributed by atoms with Crippen molar-refractivity contribution in [1.29, 1.82) is 0 Å². The number of rotatable bonds is 5. The molecule has 0 amide bonds. The molecule has 3 heteroatoms. The molecule has 0 fully saturated rings. The Balaban J connectivity index is 1.89. The van der Waals surface area contributed by atoms with E-state index in [0.29, 0.717) is 0 Å². The van der Waals surface area contributed by atoms with Crippen molar-refractivity contribution in [2.75, 3.05) is 0 Å². The molecular formula is C13H18N2O. The van der Waals surface area contributed by atoms with E-state index in [-0.39, 0.29) is 6.10 Å². The Kier molecular flexibility index (Phi) is 3.57. The van der Waals surface area contributed by atoms with Gasteiger partial charge >= 0.3 is 0 Å². The third-order valence-corrected chi connectivity index (χ3v) is 2.72. The van der Waals surface area contributed by atoms with Gasteiger partial charge in [-0.1, -0.05) is 18.6 Å². The summed E-state index contributed by atoms with van der Waals surface area (Å²) in [5.74, 6) is 1.05. The maximum Gasteiger partial charge on any atom is 0.107 e. The summed E-state index contributed by atoms with van der Waals surface area (Å²) in [4.78, 5) is 7.82. The molecule has 1 aromatic carbocycles. The van der Waals surface area contributed by atoms with Crippen LogP contribution in [-0.4, -0.2) is 21.2 Å². The minimum atomic E-state index is -0.185. The molecule has 1 aromatic heterocycles. The van der Waals surface area contributed by atoms with E-state index >= 15 is 0 Å². The van der Waals surface area contributed by atoms with Crippen LogP contribution < -0.4 is 0 Å². The summed E-state index contributed by atoms with van der Waals surface area (Å²) in [7, 11) is 0. The lowest BCUT2D eigenvalue weighted by molar-refractivity contribution is 0.180. The lowest BCUT2D eigenvalue weighted by atomic mass is 10.1. The molecule has 0 saturated heterocycles. The number of nitrogens with zero attached hydrogens (tertiary/aromatic N) is 1. The van der Waals surface area contributed by atoms with Crippen LogP contribution in [-0.2, 0) is 6.42 Å². The molecule has 0 spiro atoms. The van der Waals surface area contributed by atoms with E-state index in [9.17, 15) is 0 Å². The molecule has 1 heterocycles. The first-order valence-electron chi connectivity index (χ1n) is 5.87. The second-order valence-electron chi connectivity index (χ2n) is 4.30. The molecule has 2 N–H and O–H groups in total. The molecule has 0 saturated carbocycles. The zero-order chi connectivity index (χ0) is 11.4. The summed E-state index contributed by atoms with van der Waals surface area (Å²) in [5, 5.41) is 9.14. The van der Waals surface area contributed by atoms with E-state index in [2.05, 4.69) is 9.97 Å². The third kappa shape index (κ3) is 2.83. The van der Waals surface area contributed by atoms with E-state index in [1.54, 1.807) is 0 Å². The molecule has 0 radical (unpaired) electrons. The van der Waals surface area contributed by atoms with E-state index in [4.69, 9.17) is 5.11 Å². The highest BCUT2D eigenvalue weighted by molar-refractivity contribution is 5.74. The van der Waals surface area contributed by atoms with Crippen LogP contribution in [0, 0.1) is 0 Å². The number of H-pyrrole nitrogens is 1. The second kappa shape index (κ2) is 5.12. The number of aliphatic hydroxyl groups is 1. The number of nitrogens with one attached hydrogen (secondary N) is 1. The quantitative estimate of drug-likeness (QED) is 0.758. The molecule has 0 aliphatic rings. The summed E-state index contributed by atoms with van der Waals surface area (Å²) in [5.41, 5.74) is 2.14. The average molecular weight is 218 g/mol. The molecule has 2 rings (SSSR count). The van der Waals surface area contributed by atoms with Gasteiger partial charge in [-0.3, -0.25) is 0 Å². The minimum Gasteiger partial charge on any atom is -0.393 e. The standard InChI is InChI=1S/C13H18N2O/c1-10(16)6-2-5-9-13-14-11-7-3-4-8-12(11)15-13/h3-4,7-8,10,16H,2,5-6,9H2,1H3,(H,14,15)/t10-/m0/s1. The van der Waals surface area contributed by atoms with Gasteiger partial charge in [-0.2, -0.15) is 0 Å². The Morgan fingerprint density at radius 2 is 2.12 bits per heavy atom. The maximum atomic E-state index is 9.14. The normalized spacial score (nSPS) is 13.1. The Labute approximate surface area is 95.5 Å². The number of aromatic amines is 1. The average Bonchev–Trinajstić information content (AvgIpc) is 2.66. The van der Waals surface area contributed by atoms with Gasteiger partial charge in [0.05, 0.1) is 17.1 Å². The van der Waals surface area contributed by atoms with Crippen molar-refractivity contribution < 1.29 is 5.11 Å². The smallest absolute Gasteiger partial charge is 0.107 e. The molecule has 86 valence electrons. The minimum absolute atomic E-state index is 0.185. The molecule has 0 bridgehead atoms. The largest absolute Gasteiger partial charge is 0.393 e.